The Morgan fingerprint density at radius 1 is 1.09 bits per heavy atom. The maximum absolute atomic E-state index is 12.1. The summed E-state index contributed by atoms with van der Waals surface area (Å²) in [6.45, 7) is 0.430. The molecule has 118 valence electrons. The summed E-state index contributed by atoms with van der Waals surface area (Å²) in [6, 6.07) is 13.6. The van der Waals surface area contributed by atoms with E-state index in [0.717, 1.165) is 4.90 Å². The number of hydrogen-bond acceptors (Lipinski definition) is 4. The van der Waals surface area contributed by atoms with Crippen LogP contribution in [0.5, 0.6) is 5.75 Å². The van der Waals surface area contributed by atoms with E-state index in [-0.39, 0.29) is 18.0 Å². The maximum atomic E-state index is 12.1. The van der Waals surface area contributed by atoms with Crippen molar-refractivity contribution in [3.8, 4) is 5.75 Å². The lowest BCUT2D eigenvalue weighted by atomic mass is 10.3. The molecule has 0 unspecified atom stereocenters. The van der Waals surface area contributed by atoms with E-state index in [1.54, 1.807) is 60.3 Å². The third kappa shape index (κ3) is 4.91. The Bertz CT molecular complexity index is 701. The Labute approximate surface area is 139 Å². The van der Waals surface area contributed by atoms with Crippen LogP contribution in [0.25, 0.3) is 0 Å². The maximum Gasteiger partial charge on any atom is 0.240 e. The monoisotopic (exact) mass is 357 g/mol. The van der Waals surface area contributed by atoms with Crippen molar-refractivity contribution in [3.63, 3.8) is 0 Å². The fourth-order valence-electron chi connectivity index (χ4n) is 1.71. The zero-order valence-electron chi connectivity index (χ0n) is 12.0. The molecule has 0 aliphatic carbocycles. The van der Waals surface area contributed by atoms with Crippen LogP contribution in [0.4, 0.5) is 0 Å². The van der Waals surface area contributed by atoms with Crippen molar-refractivity contribution in [3.05, 3.63) is 53.6 Å². The Morgan fingerprint density at radius 2 is 1.73 bits per heavy atom. The third-order valence-electron chi connectivity index (χ3n) is 2.85. The molecule has 1 N–H and O–H groups in total. The van der Waals surface area contributed by atoms with Gasteiger partial charge in [0, 0.05) is 16.5 Å². The fraction of sp³-hybridized carbons (Fsp3) is 0.200. The number of ether oxygens (including phenoxy) is 1. The highest BCUT2D eigenvalue weighted by atomic mass is 35.5. The van der Waals surface area contributed by atoms with E-state index < -0.39 is 10.0 Å². The minimum atomic E-state index is -3.51. The van der Waals surface area contributed by atoms with Gasteiger partial charge < -0.3 is 4.74 Å². The molecule has 0 fully saturated rings. The summed E-state index contributed by atoms with van der Waals surface area (Å²) in [7, 11) is -3.51. The van der Waals surface area contributed by atoms with E-state index in [1.165, 1.54) is 0 Å². The van der Waals surface area contributed by atoms with Crippen molar-refractivity contribution >= 4 is 33.4 Å². The first-order chi connectivity index (χ1) is 10.5. The van der Waals surface area contributed by atoms with Gasteiger partial charge in [0.15, 0.2) is 0 Å². The highest BCUT2D eigenvalue weighted by Crippen LogP contribution is 2.17. The van der Waals surface area contributed by atoms with Crippen LogP contribution in [0.1, 0.15) is 0 Å². The zero-order chi connectivity index (χ0) is 16.0. The molecule has 2 rings (SSSR count). The predicted molar refractivity (Wildman–Crippen MR) is 90.4 cm³/mol. The van der Waals surface area contributed by atoms with Crippen molar-refractivity contribution in [2.75, 3.05) is 19.4 Å². The Morgan fingerprint density at radius 3 is 2.32 bits per heavy atom. The zero-order valence-corrected chi connectivity index (χ0v) is 14.3. The number of sulfonamides is 1. The molecular weight excluding hydrogens is 342 g/mol. The SMILES string of the molecule is CSc1ccc(S(=O)(=O)NCCOc2ccc(Cl)cc2)cc1. The van der Waals surface area contributed by atoms with Crippen molar-refractivity contribution < 1.29 is 13.2 Å². The number of halogens is 1. The average Bonchev–Trinajstić information content (AvgIpc) is 2.53. The van der Waals surface area contributed by atoms with Gasteiger partial charge in [0.1, 0.15) is 12.4 Å². The number of hydrogen-bond donors (Lipinski definition) is 1. The molecule has 0 saturated heterocycles. The van der Waals surface area contributed by atoms with E-state index in [9.17, 15) is 8.42 Å². The molecule has 0 aliphatic rings. The summed E-state index contributed by atoms with van der Waals surface area (Å²) < 4.78 is 32.1. The molecule has 0 aromatic heterocycles. The first-order valence-corrected chi connectivity index (χ1v) is 9.62. The van der Waals surface area contributed by atoms with Crippen LogP contribution in [0.2, 0.25) is 5.02 Å². The molecule has 0 heterocycles. The highest BCUT2D eigenvalue weighted by Gasteiger charge is 2.12. The smallest absolute Gasteiger partial charge is 0.240 e. The lowest BCUT2D eigenvalue weighted by Gasteiger charge is -2.09. The second-order valence-electron chi connectivity index (χ2n) is 4.38. The lowest BCUT2D eigenvalue weighted by molar-refractivity contribution is 0.323. The van der Waals surface area contributed by atoms with Gasteiger partial charge in [0.05, 0.1) is 4.90 Å². The quantitative estimate of drug-likeness (QED) is 0.609. The first kappa shape index (κ1) is 17.1. The van der Waals surface area contributed by atoms with Gasteiger partial charge in [0.25, 0.3) is 0 Å². The minimum absolute atomic E-state index is 0.190. The summed E-state index contributed by atoms with van der Waals surface area (Å²) in [5.74, 6) is 0.646. The highest BCUT2D eigenvalue weighted by molar-refractivity contribution is 7.98. The number of benzene rings is 2. The predicted octanol–water partition coefficient (Wildman–Crippen LogP) is 3.42. The molecule has 0 radical (unpaired) electrons. The van der Waals surface area contributed by atoms with Crippen molar-refractivity contribution in [2.24, 2.45) is 0 Å². The molecule has 0 spiro atoms. The molecule has 0 bridgehead atoms. The van der Waals surface area contributed by atoms with E-state index in [1.807, 2.05) is 6.26 Å². The summed E-state index contributed by atoms with van der Waals surface area (Å²) in [6.07, 6.45) is 1.94. The van der Waals surface area contributed by atoms with Gasteiger partial charge in [-0.2, -0.15) is 0 Å². The summed E-state index contributed by atoms with van der Waals surface area (Å²) in [4.78, 5) is 1.27. The van der Waals surface area contributed by atoms with Crippen molar-refractivity contribution in [2.45, 2.75) is 9.79 Å². The van der Waals surface area contributed by atoms with Crippen LogP contribution in [0, 0.1) is 0 Å². The summed E-state index contributed by atoms with van der Waals surface area (Å²) in [5.41, 5.74) is 0. The molecular formula is C15H16ClNO3S2. The Balaban J connectivity index is 1.85. The fourth-order valence-corrected chi connectivity index (χ4v) is 3.26. The average molecular weight is 358 g/mol. The largest absolute Gasteiger partial charge is 0.492 e. The number of rotatable bonds is 7. The van der Waals surface area contributed by atoms with Crippen LogP contribution in [-0.4, -0.2) is 27.8 Å². The van der Waals surface area contributed by atoms with Crippen molar-refractivity contribution in [1.82, 2.24) is 4.72 Å². The van der Waals surface area contributed by atoms with Gasteiger partial charge in [-0.1, -0.05) is 11.6 Å². The molecule has 2 aromatic rings. The first-order valence-electron chi connectivity index (χ1n) is 6.53. The van der Waals surface area contributed by atoms with E-state index >= 15 is 0 Å². The van der Waals surface area contributed by atoms with Gasteiger partial charge in [0.2, 0.25) is 10.0 Å². The molecule has 2 aromatic carbocycles. The van der Waals surface area contributed by atoms with E-state index in [0.29, 0.717) is 10.8 Å². The summed E-state index contributed by atoms with van der Waals surface area (Å²) in [5, 5.41) is 0.627. The second kappa shape index (κ2) is 7.87. The number of thioether (sulfide) groups is 1. The van der Waals surface area contributed by atoms with E-state index in [4.69, 9.17) is 16.3 Å². The van der Waals surface area contributed by atoms with Gasteiger partial charge in [-0.15, -0.1) is 11.8 Å². The van der Waals surface area contributed by atoms with Crippen LogP contribution in [-0.2, 0) is 10.0 Å². The van der Waals surface area contributed by atoms with Gasteiger partial charge in [-0.25, -0.2) is 13.1 Å². The van der Waals surface area contributed by atoms with Gasteiger partial charge >= 0.3 is 0 Å². The molecule has 4 nitrogen and oxygen atoms in total. The molecule has 0 amide bonds. The molecule has 0 atom stereocenters. The second-order valence-corrected chi connectivity index (χ2v) is 7.46. The third-order valence-corrected chi connectivity index (χ3v) is 5.32. The lowest BCUT2D eigenvalue weighted by Crippen LogP contribution is -2.28. The molecule has 22 heavy (non-hydrogen) atoms. The van der Waals surface area contributed by atoms with Crippen LogP contribution in [0.3, 0.4) is 0 Å². The molecule has 0 saturated carbocycles. The number of nitrogens with one attached hydrogen (secondary N) is 1. The van der Waals surface area contributed by atoms with Crippen LogP contribution < -0.4 is 9.46 Å². The van der Waals surface area contributed by atoms with Crippen molar-refractivity contribution in [1.29, 1.82) is 0 Å². The Kier molecular flexibility index (Phi) is 6.14. The molecule has 7 heteroatoms. The standard InChI is InChI=1S/C15H16ClNO3S2/c1-21-14-6-8-15(9-7-14)22(18,19)17-10-11-20-13-4-2-12(16)3-5-13/h2-9,17H,10-11H2,1H3. The minimum Gasteiger partial charge on any atom is -0.492 e. The normalized spacial score (nSPS) is 11.4. The molecule has 0 aliphatic heterocycles. The summed E-state index contributed by atoms with van der Waals surface area (Å²) >= 11 is 7.34. The van der Waals surface area contributed by atoms with Gasteiger partial charge in [-0.3, -0.25) is 0 Å². The van der Waals surface area contributed by atoms with E-state index in [2.05, 4.69) is 4.72 Å². The van der Waals surface area contributed by atoms with Gasteiger partial charge in [-0.05, 0) is 54.8 Å². The van der Waals surface area contributed by atoms with Crippen LogP contribution >= 0.6 is 23.4 Å². The van der Waals surface area contributed by atoms with Crippen LogP contribution in [0.15, 0.2) is 58.3 Å². The topological polar surface area (TPSA) is 55.4 Å². The Hall–Kier alpha value is -1.21.